The lowest BCUT2D eigenvalue weighted by Gasteiger charge is -2.25. The van der Waals surface area contributed by atoms with E-state index in [1.165, 1.54) is 35.9 Å². The van der Waals surface area contributed by atoms with Crippen molar-refractivity contribution in [2.45, 2.75) is 16.4 Å². The van der Waals surface area contributed by atoms with Gasteiger partial charge in [0.05, 0.1) is 5.69 Å². The number of halogens is 3. The number of rotatable bonds is 7. The molecule has 0 spiro atoms. The van der Waals surface area contributed by atoms with Gasteiger partial charge < -0.3 is 25.2 Å². The fraction of sp³-hybridized carbons (Fsp3) is 0.263. The van der Waals surface area contributed by atoms with Crippen LogP contribution in [-0.4, -0.2) is 40.7 Å². The van der Waals surface area contributed by atoms with Crippen LogP contribution in [0.3, 0.4) is 0 Å². The van der Waals surface area contributed by atoms with E-state index < -0.39 is 51.2 Å². The lowest BCUT2D eigenvalue weighted by atomic mass is 10.0. The third-order valence-corrected chi connectivity index (χ3v) is 7.39. The van der Waals surface area contributed by atoms with Gasteiger partial charge in [-0.15, -0.1) is 11.3 Å². The summed E-state index contributed by atoms with van der Waals surface area (Å²) < 4.78 is 65.3. The summed E-state index contributed by atoms with van der Waals surface area (Å²) in [6.45, 7) is -0.125. The number of ether oxygens (including phenoxy) is 2. The van der Waals surface area contributed by atoms with Crippen LogP contribution in [0.15, 0.2) is 37.4 Å². The van der Waals surface area contributed by atoms with Gasteiger partial charge in [0, 0.05) is 5.38 Å². The van der Waals surface area contributed by atoms with Crippen molar-refractivity contribution < 1.29 is 32.0 Å². The molecule has 14 heteroatoms. The Balaban J connectivity index is 1.65. The molecule has 0 amide bonds. The summed E-state index contributed by atoms with van der Waals surface area (Å²) in [7, 11) is 1.36. The molecule has 0 fully saturated rings. The molecule has 9 nitrogen and oxygen atoms in total. The number of benzene rings is 1. The molecule has 2 atom stereocenters. The summed E-state index contributed by atoms with van der Waals surface area (Å²) in [4.78, 5) is 24.2. The van der Waals surface area contributed by atoms with Crippen molar-refractivity contribution in [1.82, 2.24) is 4.31 Å². The van der Waals surface area contributed by atoms with Crippen molar-refractivity contribution in [3.8, 4) is 17.2 Å². The molecular formula is C19H16F3N3O6S2. The van der Waals surface area contributed by atoms with Gasteiger partial charge in [0.25, 0.3) is 10.9 Å². The second kappa shape index (κ2) is 8.35. The molecule has 0 bridgehead atoms. The van der Waals surface area contributed by atoms with Crippen LogP contribution in [0.2, 0.25) is 0 Å². The number of nitrogens with zero attached hydrogens (tertiary/aromatic N) is 1. The number of alkyl halides is 3. The molecule has 1 aliphatic heterocycles. The molecule has 1 aromatic heterocycles. The minimum absolute atomic E-state index is 0.0630. The molecule has 0 saturated carbocycles. The Labute approximate surface area is 190 Å². The zero-order chi connectivity index (χ0) is 24.1. The van der Waals surface area contributed by atoms with Crippen LogP contribution in [0, 0.1) is 0 Å². The molecule has 176 valence electrons. The van der Waals surface area contributed by atoms with Crippen molar-refractivity contribution in [2.24, 2.45) is 0 Å². The first-order chi connectivity index (χ1) is 15.5. The molecule has 1 unspecified atom stereocenters. The number of nitrogens with one attached hydrogen (secondary N) is 2. The maximum atomic E-state index is 13.8. The van der Waals surface area contributed by atoms with E-state index in [1.54, 1.807) is 0 Å². The van der Waals surface area contributed by atoms with E-state index >= 15 is 0 Å². The molecule has 33 heavy (non-hydrogen) atoms. The highest BCUT2D eigenvalue weighted by molar-refractivity contribution is 7.85. The van der Waals surface area contributed by atoms with Gasteiger partial charge in [0.15, 0.2) is 21.5 Å². The maximum Gasteiger partial charge on any atom is 0.412 e. The molecule has 2 heterocycles. The summed E-state index contributed by atoms with van der Waals surface area (Å²) >= 11 is 0.920. The highest BCUT2D eigenvalue weighted by Gasteiger charge is 2.43. The lowest BCUT2D eigenvalue weighted by Crippen LogP contribution is -2.40. The normalized spacial score (nSPS) is 15.1. The Morgan fingerprint density at radius 2 is 1.82 bits per heavy atom. The number of thiophene rings is 1. The molecule has 0 radical (unpaired) electrons. The highest BCUT2D eigenvalue weighted by Crippen LogP contribution is 2.42. The van der Waals surface area contributed by atoms with Crippen molar-refractivity contribution >= 4 is 39.4 Å². The fourth-order valence-corrected chi connectivity index (χ4v) is 5.23. The third-order valence-electron chi connectivity index (χ3n) is 4.74. The molecule has 0 aliphatic carbocycles. The third kappa shape index (κ3) is 4.16. The van der Waals surface area contributed by atoms with Gasteiger partial charge in [-0.05, 0) is 31.8 Å². The van der Waals surface area contributed by atoms with E-state index in [9.17, 15) is 32.1 Å². The number of hydrogen-bond donors (Lipinski definition) is 3. The van der Waals surface area contributed by atoms with E-state index in [2.05, 4.69) is 10.6 Å². The second-order valence-corrected chi connectivity index (χ2v) is 9.89. The first-order valence-corrected chi connectivity index (χ1v) is 11.2. The molecule has 2 aromatic carbocycles. The van der Waals surface area contributed by atoms with Crippen LogP contribution >= 0.6 is 11.3 Å². The van der Waals surface area contributed by atoms with Crippen molar-refractivity contribution in [3.05, 3.63) is 49.6 Å². The van der Waals surface area contributed by atoms with Crippen LogP contribution in [0.4, 0.5) is 30.2 Å². The summed E-state index contributed by atoms with van der Waals surface area (Å²) in [5.41, 5.74) is -3.53. The van der Waals surface area contributed by atoms with Crippen LogP contribution in [0.5, 0.6) is 17.2 Å². The van der Waals surface area contributed by atoms with Gasteiger partial charge in [-0.25, -0.2) is 8.51 Å². The molecule has 4 rings (SSSR count). The maximum absolute atomic E-state index is 13.8. The zero-order valence-corrected chi connectivity index (χ0v) is 18.6. The average molecular weight is 503 g/mol. The van der Waals surface area contributed by atoms with E-state index in [4.69, 9.17) is 9.47 Å². The number of hydrogen-bond acceptors (Lipinski definition) is 9. The highest BCUT2D eigenvalue weighted by atomic mass is 32.2. The van der Waals surface area contributed by atoms with Crippen LogP contribution in [0.25, 0.3) is 0 Å². The van der Waals surface area contributed by atoms with Crippen LogP contribution < -0.4 is 31.0 Å². The van der Waals surface area contributed by atoms with Crippen molar-refractivity contribution in [1.29, 1.82) is 0 Å². The molecule has 1 aliphatic rings. The Hall–Kier alpha value is -3.10. The van der Waals surface area contributed by atoms with Crippen LogP contribution in [0.1, 0.15) is 11.6 Å². The predicted octanol–water partition coefficient (Wildman–Crippen LogP) is 2.82. The van der Waals surface area contributed by atoms with E-state index in [0.29, 0.717) is 0 Å². The monoisotopic (exact) mass is 503 g/mol. The van der Waals surface area contributed by atoms with Gasteiger partial charge in [0.2, 0.25) is 6.79 Å². The van der Waals surface area contributed by atoms with Gasteiger partial charge in [-0.3, -0.25) is 9.59 Å². The molecule has 3 N–H and O–H groups in total. The standard InChI is InChI=1S/C19H16F3N3O6S2/c1-25(2)33(29)18-14(26)9(6-32-18)23-12-13(16(28)15(12)27)24-17(19(20,21)22)8-3-4-10-11(5-8)31-7-30-10/h3-6,17,23-24,26H,7H2,1-2H3/t17-,33?/m0/s1. The number of fused-ring (bicyclic) bond motifs is 1. The summed E-state index contributed by atoms with van der Waals surface area (Å²) in [6.07, 6.45) is -4.83. The smallest absolute Gasteiger partial charge is 0.412 e. The summed E-state index contributed by atoms with van der Waals surface area (Å²) in [5, 5.41) is 16.2. The topological polar surface area (TPSA) is 117 Å². The van der Waals surface area contributed by atoms with Gasteiger partial charge in [0.1, 0.15) is 28.4 Å². The number of aromatic hydroxyl groups is 1. The van der Waals surface area contributed by atoms with E-state index in [-0.39, 0.29) is 33.8 Å². The first kappa shape index (κ1) is 23.1. The Bertz CT molecular complexity index is 1310. The molecule has 3 aromatic rings. The lowest BCUT2D eigenvalue weighted by molar-refractivity contribution is -0.144. The second-order valence-electron chi connectivity index (χ2n) is 7.11. The van der Waals surface area contributed by atoms with Crippen LogP contribution in [-0.2, 0) is 11.0 Å². The fourth-order valence-electron chi connectivity index (χ4n) is 3.09. The summed E-state index contributed by atoms with van der Waals surface area (Å²) in [5.74, 6) is -0.0272. The van der Waals surface area contributed by atoms with E-state index in [1.807, 2.05) is 0 Å². The molecular weight excluding hydrogens is 487 g/mol. The Kier molecular flexibility index (Phi) is 5.84. The zero-order valence-electron chi connectivity index (χ0n) is 17.0. The van der Waals surface area contributed by atoms with E-state index in [0.717, 1.165) is 17.4 Å². The van der Waals surface area contributed by atoms with Gasteiger partial charge in [-0.2, -0.15) is 13.2 Å². The van der Waals surface area contributed by atoms with Crippen molar-refractivity contribution in [2.75, 3.05) is 31.5 Å². The average Bonchev–Trinajstić information content (AvgIpc) is 3.37. The first-order valence-electron chi connectivity index (χ1n) is 9.21. The van der Waals surface area contributed by atoms with Crippen molar-refractivity contribution in [3.63, 3.8) is 0 Å². The van der Waals surface area contributed by atoms with Gasteiger partial charge in [-0.1, -0.05) is 6.07 Å². The number of anilines is 3. The summed E-state index contributed by atoms with van der Waals surface area (Å²) in [6, 6.07) is 1.29. The largest absolute Gasteiger partial charge is 0.504 e. The Morgan fingerprint density at radius 3 is 2.48 bits per heavy atom. The molecule has 0 saturated heterocycles. The minimum Gasteiger partial charge on any atom is -0.504 e. The predicted molar refractivity (Wildman–Crippen MR) is 116 cm³/mol. The minimum atomic E-state index is -4.83. The Morgan fingerprint density at radius 1 is 1.15 bits per heavy atom. The van der Waals surface area contributed by atoms with Gasteiger partial charge >= 0.3 is 6.18 Å². The SMILES string of the molecule is CN(C)S(=O)c1scc(Nc2c(N[C@@H](c3ccc4c(c3)OCO4)C(F)(F)F)c(=O)c2=O)c1O. The quantitative estimate of drug-likeness (QED) is 0.422.